The summed E-state index contributed by atoms with van der Waals surface area (Å²) in [5.41, 5.74) is 6.62. The van der Waals surface area contributed by atoms with E-state index in [1.54, 1.807) is 17.0 Å². The Labute approximate surface area is 163 Å². The first-order valence-corrected chi connectivity index (χ1v) is 11.5. The number of hydrogen-bond donors (Lipinski definition) is 1. The van der Waals surface area contributed by atoms with Gasteiger partial charge in [0, 0.05) is 32.6 Å². The van der Waals surface area contributed by atoms with Gasteiger partial charge in [0.25, 0.3) is 0 Å². The zero-order valence-corrected chi connectivity index (χ0v) is 17.2. The van der Waals surface area contributed by atoms with Gasteiger partial charge in [-0.1, -0.05) is 38.3 Å². The predicted octanol–water partition coefficient (Wildman–Crippen LogP) is 2.38. The predicted molar refractivity (Wildman–Crippen MR) is 108 cm³/mol. The minimum Gasteiger partial charge on any atom is -0.340 e. The van der Waals surface area contributed by atoms with Crippen molar-refractivity contribution < 1.29 is 13.2 Å². The summed E-state index contributed by atoms with van der Waals surface area (Å²) < 4.78 is 27.1. The van der Waals surface area contributed by atoms with E-state index in [-0.39, 0.29) is 5.91 Å². The molecule has 0 aliphatic carbocycles. The molecule has 0 aromatic heterocycles. The molecule has 6 nitrogen and oxygen atoms in total. The van der Waals surface area contributed by atoms with Gasteiger partial charge in [-0.3, -0.25) is 4.79 Å². The lowest BCUT2D eigenvalue weighted by Crippen LogP contribution is -2.50. The number of nitrogens with two attached hydrogens (primary N) is 1. The SMILES string of the molecule is CCCc1ccc(S(=O)(=O)N2CCN(C(=O)CCCCCCN)CC2)cc1. The normalized spacial score (nSPS) is 15.9. The molecule has 1 aromatic carbocycles. The molecule has 0 atom stereocenters. The fraction of sp³-hybridized carbons (Fsp3) is 0.650. The average molecular weight is 396 g/mol. The third-order valence-electron chi connectivity index (χ3n) is 5.04. The van der Waals surface area contributed by atoms with Gasteiger partial charge in [0.2, 0.25) is 15.9 Å². The first kappa shape index (κ1) is 21.9. The summed E-state index contributed by atoms with van der Waals surface area (Å²) in [7, 11) is -3.49. The summed E-state index contributed by atoms with van der Waals surface area (Å²) in [6.07, 6.45) is 6.49. The number of piperazine rings is 1. The van der Waals surface area contributed by atoms with E-state index in [1.165, 1.54) is 4.31 Å². The van der Waals surface area contributed by atoms with Crippen LogP contribution in [0, 0.1) is 0 Å². The van der Waals surface area contributed by atoms with Crippen molar-refractivity contribution >= 4 is 15.9 Å². The number of amides is 1. The monoisotopic (exact) mass is 395 g/mol. The summed E-state index contributed by atoms with van der Waals surface area (Å²) in [6.45, 7) is 4.46. The van der Waals surface area contributed by atoms with Crippen molar-refractivity contribution in [3.8, 4) is 0 Å². The summed E-state index contributed by atoms with van der Waals surface area (Å²) in [5, 5.41) is 0. The fourth-order valence-corrected chi connectivity index (χ4v) is 4.80. The Morgan fingerprint density at radius 2 is 1.63 bits per heavy atom. The molecule has 1 heterocycles. The highest BCUT2D eigenvalue weighted by molar-refractivity contribution is 7.89. The van der Waals surface area contributed by atoms with E-state index in [0.717, 1.165) is 44.1 Å². The van der Waals surface area contributed by atoms with Gasteiger partial charge in [0.15, 0.2) is 0 Å². The highest BCUT2D eigenvalue weighted by atomic mass is 32.2. The van der Waals surface area contributed by atoms with Crippen LogP contribution in [-0.2, 0) is 21.2 Å². The first-order chi connectivity index (χ1) is 13.0. The van der Waals surface area contributed by atoms with E-state index in [9.17, 15) is 13.2 Å². The van der Waals surface area contributed by atoms with Crippen LogP contribution in [0.15, 0.2) is 29.2 Å². The van der Waals surface area contributed by atoms with E-state index in [2.05, 4.69) is 6.92 Å². The number of hydrogen-bond acceptors (Lipinski definition) is 4. The lowest BCUT2D eigenvalue weighted by atomic mass is 10.1. The van der Waals surface area contributed by atoms with Gasteiger partial charge in [0.05, 0.1) is 4.90 Å². The third kappa shape index (κ3) is 6.30. The summed E-state index contributed by atoms with van der Waals surface area (Å²) in [6, 6.07) is 7.17. The van der Waals surface area contributed by atoms with E-state index >= 15 is 0 Å². The molecule has 1 fully saturated rings. The van der Waals surface area contributed by atoms with Crippen LogP contribution in [0.3, 0.4) is 0 Å². The molecular formula is C20H33N3O3S. The Hall–Kier alpha value is -1.44. The lowest BCUT2D eigenvalue weighted by molar-refractivity contribution is -0.132. The molecule has 7 heteroatoms. The maximum absolute atomic E-state index is 12.8. The minimum absolute atomic E-state index is 0.128. The third-order valence-corrected chi connectivity index (χ3v) is 6.95. The maximum Gasteiger partial charge on any atom is 0.243 e. The number of carbonyl (C=O) groups excluding carboxylic acids is 1. The van der Waals surface area contributed by atoms with Crippen molar-refractivity contribution in [3.05, 3.63) is 29.8 Å². The molecule has 0 saturated carbocycles. The fourth-order valence-electron chi connectivity index (χ4n) is 3.38. The van der Waals surface area contributed by atoms with Crippen molar-refractivity contribution in [2.45, 2.75) is 56.8 Å². The van der Waals surface area contributed by atoms with Crippen LogP contribution in [-0.4, -0.2) is 56.3 Å². The molecule has 1 aliphatic heterocycles. The highest BCUT2D eigenvalue weighted by Gasteiger charge is 2.29. The van der Waals surface area contributed by atoms with Gasteiger partial charge < -0.3 is 10.6 Å². The van der Waals surface area contributed by atoms with Gasteiger partial charge in [0.1, 0.15) is 0 Å². The van der Waals surface area contributed by atoms with Crippen LogP contribution < -0.4 is 5.73 Å². The summed E-state index contributed by atoms with van der Waals surface area (Å²) >= 11 is 0. The number of benzene rings is 1. The quantitative estimate of drug-likeness (QED) is 0.617. The molecule has 0 radical (unpaired) electrons. The molecule has 1 saturated heterocycles. The van der Waals surface area contributed by atoms with E-state index < -0.39 is 10.0 Å². The summed E-state index contributed by atoms with van der Waals surface area (Å²) in [5.74, 6) is 0.128. The van der Waals surface area contributed by atoms with Crippen LogP contribution in [0.2, 0.25) is 0 Å². The van der Waals surface area contributed by atoms with Crippen molar-refractivity contribution in [1.29, 1.82) is 0 Å². The largest absolute Gasteiger partial charge is 0.340 e. The molecule has 0 spiro atoms. The first-order valence-electron chi connectivity index (χ1n) is 10.1. The molecular weight excluding hydrogens is 362 g/mol. The Kier molecular flexibility index (Phi) is 8.73. The van der Waals surface area contributed by atoms with Gasteiger partial charge in [-0.2, -0.15) is 4.31 Å². The Morgan fingerprint density at radius 3 is 2.22 bits per heavy atom. The highest BCUT2D eigenvalue weighted by Crippen LogP contribution is 2.19. The number of carbonyl (C=O) groups is 1. The van der Waals surface area contributed by atoms with Gasteiger partial charge in [-0.25, -0.2) is 8.42 Å². The van der Waals surface area contributed by atoms with Gasteiger partial charge in [-0.15, -0.1) is 0 Å². The second-order valence-corrected chi connectivity index (χ2v) is 9.07. The maximum atomic E-state index is 12.8. The van der Waals surface area contributed by atoms with Gasteiger partial charge >= 0.3 is 0 Å². The topological polar surface area (TPSA) is 83.7 Å². The van der Waals surface area contributed by atoms with E-state index in [4.69, 9.17) is 5.73 Å². The zero-order chi connectivity index (χ0) is 19.7. The molecule has 0 bridgehead atoms. The smallest absolute Gasteiger partial charge is 0.243 e. The van der Waals surface area contributed by atoms with Crippen LogP contribution >= 0.6 is 0 Å². The molecule has 0 unspecified atom stereocenters. The van der Waals surface area contributed by atoms with Crippen molar-refractivity contribution in [2.24, 2.45) is 5.73 Å². The van der Waals surface area contributed by atoms with E-state index in [1.807, 2.05) is 12.1 Å². The Morgan fingerprint density at radius 1 is 1.00 bits per heavy atom. The van der Waals surface area contributed by atoms with Crippen LogP contribution in [0.1, 0.15) is 51.0 Å². The molecule has 2 rings (SSSR count). The molecule has 2 N–H and O–H groups in total. The van der Waals surface area contributed by atoms with Gasteiger partial charge in [-0.05, 0) is 43.5 Å². The second kappa shape index (κ2) is 10.8. The molecule has 27 heavy (non-hydrogen) atoms. The molecule has 1 aromatic rings. The van der Waals surface area contributed by atoms with Crippen LogP contribution in [0.5, 0.6) is 0 Å². The number of aryl methyl sites for hydroxylation is 1. The number of nitrogens with zero attached hydrogens (tertiary/aromatic N) is 2. The Balaban J connectivity index is 1.84. The second-order valence-electron chi connectivity index (χ2n) is 7.13. The minimum atomic E-state index is -3.49. The molecule has 152 valence electrons. The number of sulfonamides is 1. The number of rotatable bonds is 10. The average Bonchev–Trinajstić information content (AvgIpc) is 2.68. The number of unbranched alkanes of at least 4 members (excludes halogenated alkanes) is 3. The van der Waals surface area contributed by atoms with E-state index in [0.29, 0.717) is 44.0 Å². The van der Waals surface area contributed by atoms with Crippen molar-refractivity contribution in [3.63, 3.8) is 0 Å². The lowest BCUT2D eigenvalue weighted by Gasteiger charge is -2.34. The zero-order valence-electron chi connectivity index (χ0n) is 16.4. The molecule has 1 amide bonds. The van der Waals surface area contributed by atoms with Crippen LogP contribution in [0.4, 0.5) is 0 Å². The van der Waals surface area contributed by atoms with Crippen LogP contribution in [0.25, 0.3) is 0 Å². The standard InChI is InChI=1S/C20H33N3O3S/c1-2-7-18-9-11-19(12-10-18)27(25,26)23-16-14-22(15-17-23)20(24)8-5-3-4-6-13-21/h9-12H,2-8,13-17,21H2,1H3. The Bertz CT molecular complexity index is 681. The van der Waals surface area contributed by atoms with Crippen molar-refractivity contribution in [2.75, 3.05) is 32.7 Å². The molecule has 1 aliphatic rings. The van der Waals surface area contributed by atoms with Crippen molar-refractivity contribution in [1.82, 2.24) is 9.21 Å². The summed E-state index contributed by atoms with van der Waals surface area (Å²) in [4.78, 5) is 14.4.